The smallest absolute Gasteiger partial charge is 0.0242 e. The minimum absolute atomic E-state index is 1.08. The van der Waals surface area contributed by atoms with Crippen LogP contribution in [0.3, 0.4) is 0 Å². The van der Waals surface area contributed by atoms with E-state index >= 15 is 0 Å². The molecule has 0 aromatic heterocycles. The normalized spacial score (nSPS) is 10.5. The van der Waals surface area contributed by atoms with Gasteiger partial charge in [-0.15, -0.1) is 0 Å². The maximum atomic E-state index is 3.67. The van der Waals surface area contributed by atoms with Crippen molar-refractivity contribution in [1.29, 1.82) is 0 Å². The van der Waals surface area contributed by atoms with Crippen molar-refractivity contribution in [3.63, 3.8) is 0 Å². The van der Waals surface area contributed by atoms with Crippen molar-refractivity contribution < 1.29 is 0 Å². The van der Waals surface area contributed by atoms with Crippen LogP contribution in [0.1, 0.15) is 37.5 Å². The Hall–Kier alpha value is -0.300. The van der Waals surface area contributed by atoms with Crippen molar-refractivity contribution in [3.8, 4) is 0 Å². The van der Waals surface area contributed by atoms with Gasteiger partial charge in [0.2, 0.25) is 0 Å². The Labute approximate surface area is 89.5 Å². The fraction of sp³-hybridized carbons (Fsp3) is 0.500. The zero-order valence-electron chi connectivity index (χ0n) is 8.58. The number of halogens is 1. The summed E-state index contributed by atoms with van der Waals surface area (Å²) in [6.07, 6.45) is 3.24. The molecular weight excluding hydrogens is 224 g/mol. The second-order valence-electron chi connectivity index (χ2n) is 3.15. The van der Waals surface area contributed by atoms with E-state index in [1.807, 2.05) is 0 Å². The molecule has 0 fully saturated rings. The number of hydrogen-bond donors (Lipinski definition) is 0. The molecule has 0 spiro atoms. The van der Waals surface area contributed by atoms with Crippen molar-refractivity contribution in [1.82, 2.24) is 0 Å². The lowest BCUT2D eigenvalue weighted by Gasteiger charge is -2.11. The van der Waals surface area contributed by atoms with E-state index in [1.165, 1.54) is 21.2 Å². The zero-order valence-corrected chi connectivity index (χ0v) is 10.2. The molecule has 1 rings (SSSR count). The third-order valence-corrected chi connectivity index (χ3v) is 3.41. The van der Waals surface area contributed by atoms with Gasteiger partial charge in [-0.3, -0.25) is 0 Å². The van der Waals surface area contributed by atoms with E-state index in [4.69, 9.17) is 0 Å². The van der Waals surface area contributed by atoms with Gasteiger partial charge >= 0.3 is 0 Å². The minimum atomic E-state index is 1.08. The summed E-state index contributed by atoms with van der Waals surface area (Å²) >= 11 is 3.67. The average molecular weight is 240 g/mol. The maximum absolute atomic E-state index is 3.67. The predicted octanol–water partition coefficient (Wildman–Crippen LogP) is 3.94. The van der Waals surface area contributed by atoms with Crippen molar-refractivity contribution in [2.24, 2.45) is 0 Å². The predicted molar refractivity (Wildman–Crippen MR) is 61.1 cm³/mol. The van der Waals surface area contributed by atoms with E-state index in [0.717, 1.165) is 19.3 Å². The number of benzene rings is 1. The summed E-state index contributed by atoms with van der Waals surface area (Å²) in [6, 6.07) is 5.48. The third-order valence-electron chi connectivity index (χ3n) is 2.42. The first-order valence-corrected chi connectivity index (χ1v) is 5.74. The summed E-state index contributed by atoms with van der Waals surface area (Å²) in [5.74, 6) is 0. The first-order valence-electron chi connectivity index (χ1n) is 4.95. The number of hydrogen-bond acceptors (Lipinski definition) is 0. The molecule has 1 heteroatoms. The van der Waals surface area contributed by atoms with Crippen LogP contribution in [-0.4, -0.2) is 0 Å². The fourth-order valence-electron chi connectivity index (χ4n) is 1.59. The molecule has 0 bridgehead atoms. The SMILES string of the molecule is CCc1[c]cc(CC)c(Br)c1CC. The van der Waals surface area contributed by atoms with Crippen LogP contribution in [0.5, 0.6) is 0 Å². The molecule has 71 valence electrons. The van der Waals surface area contributed by atoms with Gasteiger partial charge in [-0.05, 0) is 48.1 Å². The zero-order chi connectivity index (χ0) is 9.84. The molecular formula is C12H16Br. The van der Waals surface area contributed by atoms with Crippen LogP contribution in [0.2, 0.25) is 0 Å². The lowest BCUT2D eigenvalue weighted by Crippen LogP contribution is -1.96. The van der Waals surface area contributed by atoms with Crippen molar-refractivity contribution in [2.75, 3.05) is 0 Å². The molecule has 0 aliphatic heterocycles. The Morgan fingerprint density at radius 3 is 2.31 bits per heavy atom. The van der Waals surface area contributed by atoms with Gasteiger partial charge < -0.3 is 0 Å². The van der Waals surface area contributed by atoms with Crippen LogP contribution in [0, 0.1) is 6.07 Å². The largest absolute Gasteiger partial charge is 0.0613 e. The summed E-state index contributed by atoms with van der Waals surface area (Å²) in [7, 11) is 0. The molecule has 0 saturated heterocycles. The first kappa shape index (κ1) is 10.8. The van der Waals surface area contributed by atoms with Gasteiger partial charge in [-0.2, -0.15) is 0 Å². The van der Waals surface area contributed by atoms with Crippen LogP contribution in [0.4, 0.5) is 0 Å². The quantitative estimate of drug-likeness (QED) is 0.750. The van der Waals surface area contributed by atoms with Crippen molar-refractivity contribution in [2.45, 2.75) is 40.0 Å². The topological polar surface area (TPSA) is 0 Å². The van der Waals surface area contributed by atoms with Crippen LogP contribution in [-0.2, 0) is 19.3 Å². The molecule has 1 radical (unpaired) electrons. The van der Waals surface area contributed by atoms with E-state index in [-0.39, 0.29) is 0 Å². The molecule has 0 aliphatic rings. The van der Waals surface area contributed by atoms with E-state index in [0.29, 0.717) is 0 Å². The van der Waals surface area contributed by atoms with Crippen LogP contribution >= 0.6 is 15.9 Å². The molecule has 0 unspecified atom stereocenters. The third kappa shape index (κ3) is 2.14. The van der Waals surface area contributed by atoms with Gasteiger partial charge in [0.25, 0.3) is 0 Å². The molecule has 0 amide bonds. The minimum Gasteiger partial charge on any atom is -0.0613 e. The second kappa shape index (κ2) is 4.80. The summed E-state index contributed by atoms with van der Waals surface area (Å²) < 4.78 is 1.30. The average Bonchev–Trinajstić information content (AvgIpc) is 2.17. The Morgan fingerprint density at radius 2 is 1.85 bits per heavy atom. The molecule has 1 aromatic carbocycles. The van der Waals surface area contributed by atoms with Gasteiger partial charge in [0.1, 0.15) is 0 Å². The highest BCUT2D eigenvalue weighted by Gasteiger charge is 2.07. The molecule has 0 nitrogen and oxygen atoms in total. The lowest BCUT2D eigenvalue weighted by molar-refractivity contribution is 0.999. The van der Waals surface area contributed by atoms with Gasteiger partial charge in [0, 0.05) is 4.47 Å². The van der Waals surface area contributed by atoms with Crippen molar-refractivity contribution >= 4 is 15.9 Å². The molecule has 0 heterocycles. The van der Waals surface area contributed by atoms with E-state index in [2.05, 4.69) is 48.8 Å². The van der Waals surface area contributed by atoms with Crippen LogP contribution in [0.15, 0.2) is 10.5 Å². The number of aryl methyl sites for hydroxylation is 2. The Morgan fingerprint density at radius 1 is 1.15 bits per heavy atom. The first-order chi connectivity index (χ1) is 6.24. The highest BCUT2D eigenvalue weighted by atomic mass is 79.9. The maximum Gasteiger partial charge on any atom is 0.0242 e. The monoisotopic (exact) mass is 239 g/mol. The second-order valence-corrected chi connectivity index (χ2v) is 3.94. The summed E-state index contributed by atoms with van der Waals surface area (Å²) in [6.45, 7) is 6.56. The van der Waals surface area contributed by atoms with Gasteiger partial charge in [0.05, 0.1) is 0 Å². The van der Waals surface area contributed by atoms with Gasteiger partial charge in [0.15, 0.2) is 0 Å². The fourth-order valence-corrected chi connectivity index (χ4v) is 2.51. The highest BCUT2D eigenvalue weighted by Crippen LogP contribution is 2.26. The summed E-state index contributed by atoms with van der Waals surface area (Å²) in [5, 5.41) is 0. The Bertz CT molecular complexity index is 289. The Kier molecular flexibility index (Phi) is 3.98. The van der Waals surface area contributed by atoms with Crippen LogP contribution in [0.25, 0.3) is 0 Å². The van der Waals surface area contributed by atoms with Crippen LogP contribution < -0.4 is 0 Å². The highest BCUT2D eigenvalue weighted by molar-refractivity contribution is 9.10. The Balaban J connectivity index is 3.23. The molecule has 0 aliphatic carbocycles. The standard InChI is InChI=1S/C12H16Br/c1-4-9-7-8-10(5-2)12(13)11(9)6-3/h8H,4-6H2,1-3H3. The summed E-state index contributed by atoms with van der Waals surface area (Å²) in [5.41, 5.74) is 4.16. The number of rotatable bonds is 3. The summed E-state index contributed by atoms with van der Waals surface area (Å²) in [4.78, 5) is 0. The van der Waals surface area contributed by atoms with E-state index in [9.17, 15) is 0 Å². The van der Waals surface area contributed by atoms with Crippen molar-refractivity contribution in [3.05, 3.63) is 33.3 Å². The van der Waals surface area contributed by atoms with E-state index in [1.54, 1.807) is 0 Å². The molecule has 1 aromatic rings. The molecule has 13 heavy (non-hydrogen) atoms. The molecule has 0 N–H and O–H groups in total. The van der Waals surface area contributed by atoms with Gasteiger partial charge in [-0.25, -0.2) is 0 Å². The molecule has 0 saturated carbocycles. The van der Waals surface area contributed by atoms with Gasteiger partial charge in [-0.1, -0.05) is 36.7 Å². The lowest BCUT2D eigenvalue weighted by atomic mass is 9.99. The molecule has 0 atom stereocenters. The van der Waals surface area contributed by atoms with E-state index < -0.39 is 0 Å².